The van der Waals surface area contributed by atoms with E-state index in [2.05, 4.69) is 66.7 Å². The predicted molar refractivity (Wildman–Crippen MR) is 113 cm³/mol. The highest BCUT2D eigenvalue weighted by Gasteiger charge is 2.07. The third-order valence-electron chi connectivity index (χ3n) is 4.91. The quantitative estimate of drug-likeness (QED) is 0.366. The SMILES string of the molecule is CCCCCCCCCCCCSC[n+]1cccc2cc(C)ccc21.[Cl-]. The number of hydrogen-bond donors (Lipinski definition) is 0. The molecule has 1 nitrogen and oxygen atoms in total. The van der Waals surface area contributed by atoms with Crippen molar-refractivity contribution < 1.29 is 17.0 Å². The maximum absolute atomic E-state index is 2.38. The Morgan fingerprint density at radius 1 is 0.846 bits per heavy atom. The van der Waals surface area contributed by atoms with Crippen LogP contribution in [0.3, 0.4) is 0 Å². The number of nitrogens with zero attached hydrogens (tertiary/aromatic N) is 1. The highest BCUT2D eigenvalue weighted by Crippen LogP contribution is 2.15. The summed E-state index contributed by atoms with van der Waals surface area (Å²) >= 11 is 2.07. The number of aryl methyl sites for hydroxylation is 1. The number of thioether (sulfide) groups is 1. The molecule has 1 heterocycles. The van der Waals surface area contributed by atoms with E-state index >= 15 is 0 Å². The van der Waals surface area contributed by atoms with Gasteiger partial charge in [0.1, 0.15) is 0 Å². The summed E-state index contributed by atoms with van der Waals surface area (Å²) in [6.45, 7) is 4.45. The minimum absolute atomic E-state index is 0. The third-order valence-corrected chi connectivity index (χ3v) is 5.94. The van der Waals surface area contributed by atoms with Crippen LogP contribution in [0.4, 0.5) is 0 Å². The molecule has 146 valence electrons. The molecular formula is C23H36ClNS. The molecule has 2 rings (SSSR count). The van der Waals surface area contributed by atoms with Crippen LogP contribution in [0.25, 0.3) is 10.9 Å². The third kappa shape index (κ3) is 8.77. The summed E-state index contributed by atoms with van der Waals surface area (Å²) in [7, 11) is 0. The molecule has 0 amide bonds. The van der Waals surface area contributed by atoms with Gasteiger partial charge in [0, 0.05) is 17.5 Å². The van der Waals surface area contributed by atoms with Gasteiger partial charge in [0.05, 0.1) is 0 Å². The summed E-state index contributed by atoms with van der Waals surface area (Å²) in [6.07, 6.45) is 16.4. The topological polar surface area (TPSA) is 3.88 Å². The molecule has 2 aromatic rings. The van der Waals surface area contributed by atoms with E-state index in [9.17, 15) is 0 Å². The van der Waals surface area contributed by atoms with Gasteiger partial charge in [-0.05, 0) is 31.2 Å². The summed E-state index contributed by atoms with van der Waals surface area (Å²) in [5.41, 5.74) is 2.69. The molecule has 0 aliphatic carbocycles. The van der Waals surface area contributed by atoms with Crippen molar-refractivity contribution in [2.45, 2.75) is 83.9 Å². The Hall–Kier alpha value is -0.730. The molecule has 1 aromatic carbocycles. The Bertz CT molecular complexity index is 614. The number of fused-ring (bicyclic) bond motifs is 1. The lowest BCUT2D eigenvalue weighted by atomic mass is 10.1. The molecule has 0 N–H and O–H groups in total. The zero-order chi connectivity index (χ0) is 17.7. The van der Waals surface area contributed by atoms with Gasteiger partial charge >= 0.3 is 0 Å². The normalized spacial score (nSPS) is 10.8. The molecular weight excluding hydrogens is 358 g/mol. The van der Waals surface area contributed by atoms with Crippen LogP contribution in [0, 0.1) is 6.92 Å². The Balaban J connectivity index is 0.00000338. The molecule has 3 heteroatoms. The van der Waals surface area contributed by atoms with Crippen molar-refractivity contribution >= 4 is 22.7 Å². The molecule has 0 unspecified atom stereocenters. The van der Waals surface area contributed by atoms with Crippen molar-refractivity contribution in [3.8, 4) is 0 Å². The van der Waals surface area contributed by atoms with Crippen molar-refractivity contribution in [3.63, 3.8) is 0 Å². The summed E-state index contributed by atoms with van der Waals surface area (Å²) in [6, 6.07) is 11.1. The van der Waals surface area contributed by atoms with Crippen LogP contribution in [0.2, 0.25) is 0 Å². The van der Waals surface area contributed by atoms with Gasteiger partial charge in [0.2, 0.25) is 5.52 Å². The molecule has 0 fully saturated rings. The van der Waals surface area contributed by atoms with E-state index in [1.54, 1.807) is 0 Å². The van der Waals surface area contributed by atoms with Gasteiger partial charge < -0.3 is 12.4 Å². The van der Waals surface area contributed by atoms with E-state index in [-0.39, 0.29) is 12.4 Å². The number of rotatable bonds is 13. The first kappa shape index (κ1) is 23.3. The fourth-order valence-corrected chi connectivity index (χ4v) is 4.33. The van der Waals surface area contributed by atoms with Crippen LogP contribution < -0.4 is 17.0 Å². The maximum Gasteiger partial charge on any atom is 0.213 e. The molecule has 0 aliphatic rings. The van der Waals surface area contributed by atoms with Crippen LogP contribution in [0.5, 0.6) is 0 Å². The van der Waals surface area contributed by atoms with Gasteiger partial charge in [-0.3, -0.25) is 0 Å². The van der Waals surface area contributed by atoms with E-state index in [0.29, 0.717) is 0 Å². The maximum atomic E-state index is 2.38. The fourth-order valence-electron chi connectivity index (χ4n) is 3.37. The van der Waals surface area contributed by atoms with Crippen LogP contribution in [-0.2, 0) is 5.88 Å². The Morgan fingerprint density at radius 2 is 1.50 bits per heavy atom. The lowest BCUT2D eigenvalue weighted by Gasteiger charge is -2.03. The summed E-state index contributed by atoms with van der Waals surface area (Å²) < 4.78 is 2.38. The molecule has 0 saturated carbocycles. The van der Waals surface area contributed by atoms with Gasteiger partial charge in [-0.15, -0.1) is 0 Å². The van der Waals surface area contributed by atoms with E-state index < -0.39 is 0 Å². The number of hydrogen-bond acceptors (Lipinski definition) is 1. The second-order valence-electron chi connectivity index (χ2n) is 7.26. The number of halogens is 1. The lowest BCUT2D eigenvalue weighted by Crippen LogP contribution is -3.00. The number of unbranched alkanes of at least 4 members (excludes halogenated alkanes) is 9. The molecule has 0 bridgehead atoms. The first-order valence-electron chi connectivity index (χ1n) is 10.3. The second-order valence-corrected chi connectivity index (χ2v) is 8.33. The zero-order valence-corrected chi connectivity index (χ0v) is 18.3. The highest BCUT2D eigenvalue weighted by atomic mass is 35.5. The minimum atomic E-state index is 0. The minimum Gasteiger partial charge on any atom is -1.00 e. The van der Waals surface area contributed by atoms with E-state index in [4.69, 9.17) is 0 Å². The van der Waals surface area contributed by atoms with Gasteiger partial charge in [0.25, 0.3) is 0 Å². The molecule has 0 atom stereocenters. The van der Waals surface area contributed by atoms with Crippen LogP contribution in [0.15, 0.2) is 36.5 Å². The number of benzene rings is 1. The predicted octanol–water partition coefficient (Wildman–Crippen LogP) is 4.05. The largest absolute Gasteiger partial charge is 1.00 e. The lowest BCUT2D eigenvalue weighted by molar-refractivity contribution is -0.649. The molecule has 0 spiro atoms. The van der Waals surface area contributed by atoms with Gasteiger partial charge in [-0.2, -0.15) is 4.57 Å². The zero-order valence-electron chi connectivity index (χ0n) is 16.7. The molecule has 0 radical (unpaired) electrons. The van der Waals surface area contributed by atoms with E-state index in [0.717, 1.165) is 5.88 Å². The van der Waals surface area contributed by atoms with Gasteiger partial charge in [-0.1, -0.05) is 88.1 Å². The molecule has 0 aliphatic heterocycles. The smallest absolute Gasteiger partial charge is 0.213 e. The number of aromatic nitrogens is 1. The number of pyridine rings is 1. The van der Waals surface area contributed by atoms with Crippen molar-refractivity contribution in [2.75, 3.05) is 5.75 Å². The summed E-state index contributed by atoms with van der Waals surface area (Å²) in [5.74, 6) is 2.35. The summed E-state index contributed by atoms with van der Waals surface area (Å²) in [4.78, 5) is 0. The standard InChI is InChI=1S/C23H36NS.ClH/c1-3-4-5-6-7-8-9-10-11-12-18-25-20-24-17-13-14-22-19-21(2)15-16-23(22)24;/h13-17,19H,3-12,18,20H2,1-2H3;1H/q+1;/p-1. The first-order chi connectivity index (χ1) is 12.3. The van der Waals surface area contributed by atoms with Crippen molar-refractivity contribution in [1.29, 1.82) is 0 Å². The van der Waals surface area contributed by atoms with Gasteiger partial charge in [0.15, 0.2) is 12.1 Å². The van der Waals surface area contributed by atoms with Gasteiger partial charge in [-0.25, -0.2) is 0 Å². The highest BCUT2D eigenvalue weighted by molar-refractivity contribution is 7.98. The average molecular weight is 394 g/mol. The van der Waals surface area contributed by atoms with Crippen LogP contribution in [-0.4, -0.2) is 5.75 Å². The molecule has 1 aromatic heterocycles. The van der Waals surface area contributed by atoms with Crippen molar-refractivity contribution in [3.05, 3.63) is 42.1 Å². The Labute approximate surface area is 171 Å². The van der Waals surface area contributed by atoms with Crippen molar-refractivity contribution in [2.24, 2.45) is 0 Å². The Morgan fingerprint density at radius 3 is 2.19 bits per heavy atom. The monoisotopic (exact) mass is 393 g/mol. The molecule has 26 heavy (non-hydrogen) atoms. The Kier molecular flexibility index (Phi) is 12.9. The molecule has 0 saturated heterocycles. The van der Waals surface area contributed by atoms with Crippen molar-refractivity contribution in [1.82, 2.24) is 0 Å². The summed E-state index contributed by atoms with van der Waals surface area (Å²) in [5, 5.41) is 1.35. The van der Waals surface area contributed by atoms with E-state index in [1.807, 2.05) is 0 Å². The first-order valence-corrected chi connectivity index (χ1v) is 11.4. The fraction of sp³-hybridized carbons (Fsp3) is 0.609. The van der Waals surface area contributed by atoms with E-state index in [1.165, 1.54) is 86.4 Å². The second kappa shape index (κ2) is 14.3. The average Bonchev–Trinajstić information content (AvgIpc) is 2.62. The van der Waals surface area contributed by atoms with Crippen LogP contribution >= 0.6 is 11.8 Å². The van der Waals surface area contributed by atoms with Crippen LogP contribution in [0.1, 0.15) is 76.7 Å².